The van der Waals surface area contributed by atoms with Crippen LogP contribution in [-0.4, -0.2) is 19.9 Å². The summed E-state index contributed by atoms with van der Waals surface area (Å²) in [7, 11) is 0. The fourth-order valence-electron chi connectivity index (χ4n) is 5.45. The van der Waals surface area contributed by atoms with Gasteiger partial charge in [0.1, 0.15) is 0 Å². The van der Waals surface area contributed by atoms with Gasteiger partial charge in [-0.1, -0.05) is 84.9 Å². The minimum absolute atomic E-state index is 0.631. The van der Waals surface area contributed by atoms with Crippen molar-refractivity contribution in [2.45, 2.75) is 0 Å². The minimum atomic E-state index is 0.631. The first kappa shape index (κ1) is 22.0. The van der Waals surface area contributed by atoms with E-state index in [1.54, 1.807) is 23.7 Å². The summed E-state index contributed by atoms with van der Waals surface area (Å²) in [4.78, 5) is 19.4. The van der Waals surface area contributed by atoms with Crippen molar-refractivity contribution in [1.82, 2.24) is 19.9 Å². The summed E-state index contributed by atoms with van der Waals surface area (Å²) in [6.45, 7) is 0. The van der Waals surface area contributed by atoms with Crippen LogP contribution in [-0.2, 0) is 0 Å². The Balaban J connectivity index is 1.47. The Kier molecular flexibility index (Phi) is 4.96. The van der Waals surface area contributed by atoms with Gasteiger partial charge in [0, 0.05) is 54.6 Å². The summed E-state index contributed by atoms with van der Waals surface area (Å²) in [5.41, 5.74) is 2.90. The molecule has 0 aliphatic heterocycles. The number of pyridine rings is 1. The minimum Gasteiger partial charge on any atom is -0.265 e. The fourth-order valence-corrected chi connectivity index (χ4v) is 6.59. The second-order valence-electron chi connectivity index (χ2n) is 9.51. The van der Waals surface area contributed by atoms with Crippen molar-refractivity contribution in [2.24, 2.45) is 0 Å². The highest BCUT2D eigenvalue weighted by Gasteiger charge is 2.18. The number of rotatable bonds is 3. The largest absolute Gasteiger partial charge is 0.265 e. The second-order valence-corrected chi connectivity index (χ2v) is 10.6. The van der Waals surface area contributed by atoms with Crippen LogP contribution >= 0.6 is 11.3 Å². The maximum absolute atomic E-state index is 5.16. The number of hydrogen-bond donors (Lipinski definition) is 0. The van der Waals surface area contributed by atoms with Gasteiger partial charge < -0.3 is 0 Å². The first-order valence-corrected chi connectivity index (χ1v) is 13.6. The first-order chi connectivity index (χ1) is 19.3. The molecule has 4 nitrogen and oxygen atoms in total. The number of aromatic nitrogens is 4. The van der Waals surface area contributed by atoms with Crippen LogP contribution in [0.1, 0.15) is 0 Å². The lowest BCUT2D eigenvalue weighted by molar-refractivity contribution is 1.08. The molecule has 0 bridgehead atoms. The molecule has 5 aromatic carbocycles. The van der Waals surface area contributed by atoms with Crippen LogP contribution in [0.2, 0.25) is 0 Å². The molecule has 0 radical (unpaired) electrons. The van der Waals surface area contributed by atoms with Crippen molar-refractivity contribution < 1.29 is 0 Å². The van der Waals surface area contributed by atoms with Crippen LogP contribution in [0, 0.1) is 0 Å². The van der Waals surface area contributed by atoms with Gasteiger partial charge in [0.2, 0.25) is 0 Å². The first-order valence-electron chi connectivity index (χ1n) is 12.8. The maximum Gasteiger partial charge on any atom is 0.164 e. The van der Waals surface area contributed by atoms with Crippen molar-refractivity contribution in [2.75, 3.05) is 0 Å². The van der Waals surface area contributed by atoms with E-state index < -0.39 is 0 Å². The van der Waals surface area contributed by atoms with E-state index in [1.165, 1.54) is 30.9 Å². The standard InChI is InChI=1S/C34H20N4S/c1-2-9-24-21(7-1)15-16-22-8-5-11-26(30(22)24)33-36-32(23-17-19-35-20-18-23)37-34(38-33)27-12-6-14-29-31(27)25-10-3-4-13-28(25)39-29/h1-20H. The number of nitrogens with zero attached hydrogens (tertiary/aromatic N) is 4. The van der Waals surface area contributed by atoms with E-state index >= 15 is 0 Å². The van der Waals surface area contributed by atoms with Gasteiger partial charge in [-0.05, 0) is 40.4 Å². The normalized spacial score (nSPS) is 11.6. The average molecular weight is 517 g/mol. The molecule has 8 rings (SSSR count). The van der Waals surface area contributed by atoms with E-state index in [-0.39, 0.29) is 0 Å². The van der Waals surface area contributed by atoms with E-state index in [4.69, 9.17) is 15.0 Å². The van der Waals surface area contributed by atoms with Crippen molar-refractivity contribution in [1.29, 1.82) is 0 Å². The number of thiophene rings is 1. The molecule has 0 atom stereocenters. The van der Waals surface area contributed by atoms with Crippen LogP contribution in [0.5, 0.6) is 0 Å². The Morgan fingerprint density at radius 3 is 1.90 bits per heavy atom. The molecule has 0 saturated heterocycles. The molecule has 3 aromatic heterocycles. The summed E-state index contributed by atoms with van der Waals surface area (Å²) in [6, 6.07) is 38.0. The number of hydrogen-bond acceptors (Lipinski definition) is 5. The summed E-state index contributed by atoms with van der Waals surface area (Å²) >= 11 is 1.80. The van der Waals surface area contributed by atoms with Crippen molar-refractivity contribution in [3.05, 3.63) is 122 Å². The quantitative estimate of drug-likeness (QED) is 0.220. The molecule has 5 heteroatoms. The molecule has 39 heavy (non-hydrogen) atoms. The van der Waals surface area contributed by atoms with Crippen LogP contribution < -0.4 is 0 Å². The highest BCUT2D eigenvalue weighted by molar-refractivity contribution is 7.25. The number of benzene rings is 5. The zero-order chi connectivity index (χ0) is 25.8. The third kappa shape index (κ3) is 3.59. The smallest absolute Gasteiger partial charge is 0.164 e. The van der Waals surface area contributed by atoms with Crippen LogP contribution in [0.15, 0.2) is 122 Å². The Bertz CT molecular complexity index is 2180. The van der Waals surface area contributed by atoms with Gasteiger partial charge in [0.05, 0.1) is 0 Å². The van der Waals surface area contributed by atoms with Gasteiger partial charge >= 0.3 is 0 Å². The van der Waals surface area contributed by atoms with Crippen LogP contribution in [0.25, 0.3) is 75.9 Å². The molecule has 8 aromatic rings. The number of fused-ring (bicyclic) bond motifs is 6. The van der Waals surface area contributed by atoms with E-state index in [0.717, 1.165) is 27.5 Å². The third-order valence-corrected chi connectivity index (χ3v) is 8.36. The van der Waals surface area contributed by atoms with Gasteiger partial charge in [-0.3, -0.25) is 4.98 Å². The second kappa shape index (κ2) is 8.79. The van der Waals surface area contributed by atoms with Crippen molar-refractivity contribution in [3.63, 3.8) is 0 Å². The zero-order valence-electron chi connectivity index (χ0n) is 20.7. The van der Waals surface area contributed by atoms with Gasteiger partial charge in [-0.25, -0.2) is 15.0 Å². The van der Waals surface area contributed by atoms with Crippen LogP contribution in [0.3, 0.4) is 0 Å². The van der Waals surface area contributed by atoms with E-state index in [9.17, 15) is 0 Å². The molecule has 0 unspecified atom stereocenters. The Morgan fingerprint density at radius 2 is 1.05 bits per heavy atom. The fraction of sp³-hybridized carbons (Fsp3) is 0. The topological polar surface area (TPSA) is 51.6 Å². The zero-order valence-corrected chi connectivity index (χ0v) is 21.6. The van der Waals surface area contributed by atoms with Crippen LogP contribution in [0.4, 0.5) is 0 Å². The molecule has 0 aliphatic rings. The lowest BCUT2D eigenvalue weighted by atomic mass is 9.97. The van der Waals surface area contributed by atoms with Gasteiger partial charge in [0.15, 0.2) is 17.5 Å². The molecular formula is C34H20N4S. The molecular weight excluding hydrogens is 496 g/mol. The average Bonchev–Trinajstić information content (AvgIpc) is 3.40. The summed E-state index contributed by atoms with van der Waals surface area (Å²) in [5.74, 6) is 1.95. The maximum atomic E-state index is 5.16. The van der Waals surface area contributed by atoms with Crippen molar-refractivity contribution in [3.8, 4) is 34.2 Å². The molecule has 0 fully saturated rings. The monoisotopic (exact) mass is 516 g/mol. The molecule has 0 N–H and O–H groups in total. The lowest BCUT2D eigenvalue weighted by Gasteiger charge is -2.12. The highest BCUT2D eigenvalue weighted by Crippen LogP contribution is 2.40. The lowest BCUT2D eigenvalue weighted by Crippen LogP contribution is -2.01. The Morgan fingerprint density at radius 1 is 0.436 bits per heavy atom. The molecule has 0 aliphatic carbocycles. The molecule has 0 saturated carbocycles. The van der Waals surface area contributed by atoms with E-state index in [0.29, 0.717) is 17.5 Å². The van der Waals surface area contributed by atoms with Gasteiger partial charge in [-0.15, -0.1) is 11.3 Å². The van der Waals surface area contributed by atoms with Crippen molar-refractivity contribution >= 4 is 53.1 Å². The van der Waals surface area contributed by atoms with E-state index in [2.05, 4.69) is 102 Å². The molecule has 0 spiro atoms. The SMILES string of the molecule is c1ccc2c(c1)ccc1cccc(-c3nc(-c4ccncc4)nc(-c4cccc5sc6ccccc6c45)n3)c12. The van der Waals surface area contributed by atoms with E-state index in [1.807, 2.05) is 12.1 Å². The molecule has 0 amide bonds. The highest BCUT2D eigenvalue weighted by atomic mass is 32.1. The summed E-state index contributed by atoms with van der Waals surface area (Å²) in [6.07, 6.45) is 3.55. The molecule has 182 valence electrons. The van der Waals surface area contributed by atoms with Gasteiger partial charge in [-0.2, -0.15) is 0 Å². The predicted molar refractivity (Wildman–Crippen MR) is 162 cm³/mol. The summed E-state index contributed by atoms with van der Waals surface area (Å²) < 4.78 is 2.47. The predicted octanol–water partition coefficient (Wildman–Crippen LogP) is 8.94. The van der Waals surface area contributed by atoms with Gasteiger partial charge in [0.25, 0.3) is 0 Å². The Hall–Kier alpha value is -5.00. The Labute approximate surface area is 228 Å². The third-order valence-electron chi connectivity index (χ3n) is 7.23. The molecule has 3 heterocycles. The summed E-state index contributed by atoms with van der Waals surface area (Å²) in [5, 5.41) is 7.08.